The number of aldehydes is 1. The van der Waals surface area contributed by atoms with Gasteiger partial charge in [0.15, 0.2) is 5.75 Å². The number of rotatable bonds is 4. The summed E-state index contributed by atoms with van der Waals surface area (Å²) in [7, 11) is 0. The lowest BCUT2D eigenvalue weighted by atomic mass is 10.2. The van der Waals surface area contributed by atoms with E-state index in [2.05, 4.69) is 31.9 Å². The van der Waals surface area contributed by atoms with Gasteiger partial charge < -0.3 is 4.74 Å². The zero-order chi connectivity index (χ0) is 15.6. The summed E-state index contributed by atoms with van der Waals surface area (Å²) in [5.41, 5.74) is 0.345. The first-order chi connectivity index (χ1) is 9.92. The van der Waals surface area contributed by atoms with E-state index in [1.165, 1.54) is 18.2 Å². The van der Waals surface area contributed by atoms with Crippen molar-refractivity contribution in [1.82, 2.24) is 0 Å². The molecule has 108 valence electrons. The monoisotopic (exact) mass is 433 g/mol. The van der Waals surface area contributed by atoms with Crippen LogP contribution in [-0.2, 0) is 0 Å². The largest absolute Gasteiger partial charge is 0.453 e. The normalized spacial score (nSPS) is 10.2. The molecular weight excluding hydrogens is 429 g/mol. The predicted octanol–water partition coefficient (Wildman–Crippen LogP) is 5.38. The number of nitro benzene ring substituents is 1. The minimum Gasteiger partial charge on any atom is -0.453 e. The number of benzene rings is 2. The van der Waals surface area contributed by atoms with Crippen molar-refractivity contribution in [3.63, 3.8) is 0 Å². The average molecular weight is 435 g/mol. The summed E-state index contributed by atoms with van der Waals surface area (Å²) >= 11 is 12.5. The number of hydrogen-bond acceptors (Lipinski definition) is 4. The second-order valence-electron chi connectivity index (χ2n) is 3.91. The van der Waals surface area contributed by atoms with Crippen molar-refractivity contribution in [3.05, 3.63) is 60.0 Å². The van der Waals surface area contributed by atoms with Gasteiger partial charge in [-0.25, -0.2) is 0 Å². The molecule has 0 N–H and O–H groups in total. The summed E-state index contributed by atoms with van der Waals surface area (Å²) in [6.45, 7) is 0. The molecule has 0 fully saturated rings. The van der Waals surface area contributed by atoms with Crippen molar-refractivity contribution in [2.75, 3.05) is 0 Å². The first-order valence-electron chi connectivity index (χ1n) is 5.48. The van der Waals surface area contributed by atoms with Crippen molar-refractivity contribution in [1.29, 1.82) is 0 Å². The van der Waals surface area contributed by atoms with Gasteiger partial charge in [0.2, 0.25) is 0 Å². The SMILES string of the molecule is O=Cc1ccc(Oc2c(Br)cc([N+](=O)[O-])cc2Br)c(Cl)c1. The second-order valence-corrected chi connectivity index (χ2v) is 6.02. The molecule has 0 unspecified atom stereocenters. The fraction of sp³-hybridized carbons (Fsp3) is 0. The summed E-state index contributed by atoms with van der Waals surface area (Å²) in [6, 6.07) is 7.23. The third-order valence-corrected chi connectivity index (χ3v) is 3.97. The van der Waals surface area contributed by atoms with Gasteiger partial charge in [-0.1, -0.05) is 11.6 Å². The minimum absolute atomic E-state index is 0.0801. The maximum atomic E-state index is 10.8. The van der Waals surface area contributed by atoms with Crippen LogP contribution in [0.2, 0.25) is 5.02 Å². The molecule has 0 heterocycles. The van der Waals surface area contributed by atoms with Crippen LogP contribution in [0.3, 0.4) is 0 Å². The van der Waals surface area contributed by atoms with Gasteiger partial charge in [-0.2, -0.15) is 0 Å². The Morgan fingerprint density at radius 3 is 2.29 bits per heavy atom. The molecule has 0 aromatic heterocycles. The standard InChI is InChI=1S/C13H6Br2ClNO4/c14-9-4-8(17(19)20)5-10(15)13(9)21-12-2-1-7(6-18)3-11(12)16/h1-6H. The molecule has 0 atom stereocenters. The molecule has 21 heavy (non-hydrogen) atoms. The van der Waals surface area contributed by atoms with Gasteiger partial charge in [0.25, 0.3) is 5.69 Å². The van der Waals surface area contributed by atoms with E-state index in [1.54, 1.807) is 12.1 Å². The van der Waals surface area contributed by atoms with Crippen LogP contribution in [0.5, 0.6) is 11.5 Å². The zero-order valence-corrected chi connectivity index (χ0v) is 14.1. The first-order valence-corrected chi connectivity index (χ1v) is 7.45. The van der Waals surface area contributed by atoms with Crippen LogP contribution in [0.15, 0.2) is 39.3 Å². The van der Waals surface area contributed by atoms with Gasteiger partial charge in [0.05, 0.1) is 18.9 Å². The maximum Gasteiger partial charge on any atom is 0.271 e. The molecule has 0 aliphatic rings. The van der Waals surface area contributed by atoms with E-state index in [9.17, 15) is 14.9 Å². The fourth-order valence-corrected chi connectivity index (χ4v) is 3.08. The quantitative estimate of drug-likeness (QED) is 0.367. The van der Waals surface area contributed by atoms with Gasteiger partial charge in [-0.3, -0.25) is 14.9 Å². The lowest BCUT2D eigenvalue weighted by molar-refractivity contribution is -0.385. The van der Waals surface area contributed by atoms with Crippen molar-refractivity contribution in [3.8, 4) is 11.5 Å². The third-order valence-electron chi connectivity index (χ3n) is 2.50. The van der Waals surface area contributed by atoms with Crippen LogP contribution < -0.4 is 4.74 Å². The van der Waals surface area contributed by atoms with Gasteiger partial charge in [0.1, 0.15) is 12.0 Å². The van der Waals surface area contributed by atoms with Gasteiger partial charge in [-0.15, -0.1) is 0 Å². The highest BCUT2D eigenvalue weighted by Crippen LogP contribution is 2.41. The van der Waals surface area contributed by atoms with Crippen LogP contribution in [0, 0.1) is 10.1 Å². The van der Waals surface area contributed by atoms with E-state index < -0.39 is 4.92 Å². The first kappa shape index (κ1) is 15.9. The van der Waals surface area contributed by atoms with Crippen molar-refractivity contribution >= 4 is 55.4 Å². The number of nitrogens with zero attached hydrogens (tertiary/aromatic N) is 1. The lowest BCUT2D eigenvalue weighted by Crippen LogP contribution is -1.93. The Morgan fingerprint density at radius 1 is 1.19 bits per heavy atom. The number of ether oxygens (including phenoxy) is 1. The van der Waals surface area contributed by atoms with E-state index in [-0.39, 0.29) is 10.7 Å². The number of carbonyl (C=O) groups excluding carboxylic acids is 1. The number of halogens is 3. The lowest BCUT2D eigenvalue weighted by Gasteiger charge is -2.11. The number of nitro groups is 1. The van der Waals surface area contributed by atoms with Crippen molar-refractivity contribution in [2.24, 2.45) is 0 Å². The maximum absolute atomic E-state index is 10.8. The van der Waals surface area contributed by atoms with E-state index >= 15 is 0 Å². The number of non-ortho nitro benzene ring substituents is 1. The zero-order valence-electron chi connectivity index (χ0n) is 10.2. The molecule has 0 saturated heterocycles. The van der Waals surface area contributed by atoms with Crippen LogP contribution in [-0.4, -0.2) is 11.2 Å². The summed E-state index contributed by atoms with van der Waals surface area (Å²) in [6.07, 6.45) is 0.674. The Bertz CT molecular complexity index is 713. The highest BCUT2D eigenvalue weighted by molar-refractivity contribution is 9.11. The van der Waals surface area contributed by atoms with Crippen LogP contribution in [0.4, 0.5) is 5.69 Å². The molecule has 0 bridgehead atoms. The minimum atomic E-state index is -0.509. The average Bonchev–Trinajstić information content (AvgIpc) is 2.43. The molecule has 0 amide bonds. The summed E-state index contributed by atoms with van der Waals surface area (Å²) in [4.78, 5) is 20.9. The van der Waals surface area contributed by atoms with E-state index in [0.29, 0.717) is 32.3 Å². The molecule has 0 aliphatic heterocycles. The topological polar surface area (TPSA) is 69.4 Å². The molecule has 5 nitrogen and oxygen atoms in total. The highest BCUT2D eigenvalue weighted by Gasteiger charge is 2.16. The van der Waals surface area contributed by atoms with Gasteiger partial charge in [-0.05, 0) is 50.1 Å². The summed E-state index contributed by atoms with van der Waals surface area (Å²) in [5.74, 6) is 0.680. The Morgan fingerprint density at radius 2 is 1.81 bits per heavy atom. The number of hydrogen-bond donors (Lipinski definition) is 0. The van der Waals surface area contributed by atoms with Crippen LogP contribution in [0.1, 0.15) is 10.4 Å². The van der Waals surface area contributed by atoms with Crippen LogP contribution >= 0.6 is 43.5 Å². The number of carbonyl (C=O) groups is 1. The fourth-order valence-electron chi connectivity index (χ4n) is 1.53. The Hall–Kier alpha value is -1.44. The highest BCUT2D eigenvalue weighted by atomic mass is 79.9. The molecule has 0 radical (unpaired) electrons. The Balaban J connectivity index is 2.40. The van der Waals surface area contributed by atoms with Gasteiger partial charge >= 0.3 is 0 Å². The Labute approximate surface area is 141 Å². The molecule has 2 aromatic rings. The van der Waals surface area contributed by atoms with E-state index in [4.69, 9.17) is 16.3 Å². The molecular formula is C13H6Br2ClNO4. The predicted molar refractivity (Wildman–Crippen MR) is 85.4 cm³/mol. The van der Waals surface area contributed by atoms with Crippen molar-refractivity contribution < 1.29 is 14.5 Å². The summed E-state index contributed by atoms with van der Waals surface area (Å²) < 4.78 is 6.44. The van der Waals surface area contributed by atoms with Crippen LogP contribution in [0.25, 0.3) is 0 Å². The Kier molecular flexibility index (Phi) is 4.97. The molecule has 0 aliphatic carbocycles. The molecule has 2 aromatic carbocycles. The molecule has 8 heteroatoms. The molecule has 0 spiro atoms. The molecule has 2 rings (SSSR count). The van der Waals surface area contributed by atoms with E-state index in [0.717, 1.165) is 0 Å². The van der Waals surface area contributed by atoms with E-state index in [1.807, 2.05) is 0 Å². The summed E-state index contributed by atoms with van der Waals surface area (Å²) in [5, 5.41) is 11.0. The van der Waals surface area contributed by atoms with Gasteiger partial charge in [0, 0.05) is 17.7 Å². The third kappa shape index (κ3) is 3.61. The van der Waals surface area contributed by atoms with Crippen molar-refractivity contribution in [2.45, 2.75) is 0 Å². The molecule has 0 saturated carbocycles. The second kappa shape index (κ2) is 6.55. The smallest absolute Gasteiger partial charge is 0.271 e.